The molecule has 0 aliphatic carbocycles. The second kappa shape index (κ2) is 18.5. The third-order valence-corrected chi connectivity index (χ3v) is 12.8. The summed E-state index contributed by atoms with van der Waals surface area (Å²) in [6.07, 6.45) is -1.34. The van der Waals surface area contributed by atoms with E-state index in [-0.39, 0.29) is 11.5 Å². The average molecular weight is 766 g/mol. The summed E-state index contributed by atoms with van der Waals surface area (Å²) in [6, 6.07) is 58.1. The summed E-state index contributed by atoms with van der Waals surface area (Å²) >= 11 is 3.00. The van der Waals surface area contributed by atoms with Crippen molar-refractivity contribution in [2.75, 3.05) is 18.6 Å². The normalized spacial score (nSPS) is 12.5. The number of nitrogens with one attached hydrogen (secondary N) is 3. The number of amides is 3. The van der Waals surface area contributed by atoms with Gasteiger partial charge in [0.15, 0.2) is 0 Å². The predicted molar refractivity (Wildman–Crippen MR) is 224 cm³/mol. The van der Waals surface area contributed by atoms with E-state index in [1.165, 1.54) is 30.6 Å². The fraction of sp³-hybridized carbons (Fsp3) is 0.152. The van der Waals surface area contributed by atoms with Gasteiger partial charge >= 0.3 is 6.09 Å². The topological polar surface area (TPSA) is 108 Å². The van der Waals surface area contributed by atoms with Crippen LogP contribution in [-0.2, 0) is 19.1 Å². The maximum atomic E-state index is 14.3. The lowest BCUT2D eigenvalue weighted by Crippen LogP contribution is -2.55. The summed E-state index contributed by atoms with van der Waals surface area (Å²) in [4.78, 5) is 40.2. The summed E-state index contributed by atoms with van der Waals surface area (Å²) < 4.78 is -1.53. The second-order valence-electron chi connectivity index (χ2n) is 12.9. The minimum atomic E-state index is -1.34. The van der Waals surface area contributed by atoms with Crippen molar-refractivity contribution < 1.29 is 19.5 Å². The number of carbonyl (C=O) groups is 3. The Bertz CT molecular complexity index is 1930. The molecule has 55 heavy (non-hydrogen) atoms. The molecule has 0 bridgehead atoms. The molecule has 0 aromatic heterocycles. The van der Waals surface area contributed by atoms with E-state index >= 15 is 0 Å². The van der Waals surface area contributed by atoms with Gasteiger partial charge in [-0.15, -0.1) is 23.5 Å². The van der Waals surface area contributed by atoms with Crippen LogP contribution >= 0.6 is 23.5 Å². The Hall–Kier alpha value is -5.77. The highest BCUT2D eigenvalue weighted by Gasteiger charge is 2.41. The van der Waals surface area contributed by atoms with Crippen molar-refractivity contribution in [1.29, 1.82) is 0 Å². The lowest BCUT2D eigenvalue weighted by molar-refractivity contribution is -0.128. The molecule has 0 radical (unpaired) electrons. The first kappa shape index (κ1) is 38.9. The molecule has 3 amide bonds. The SMILES string of the molecule is CNC(=O)[C@@H](CSC(c1ccccc1)(c1ccccc1)c1ccccc1)NC(=O)[C@@H](CSC(c1ccccc1)(c1ccccc1)c1ccccc1)NC(=O)O. The number of carbonyl (C=O) groups excluding carboxylic acids is 2. The van der Waals surface area contributed by atoms with Crippen LogP contribution in [0.25, 0.3) is 0 Å². The molecule has 0 saturated heterocycles. The van der Waals surface area contributed by atoms with Crippen LogP contribution < -0.4 is 16.0 Å². The van der Waals surface area contributed by atoms with Gasteiger partial charge in [-0.05, 0) is 33.4 Å². The van der Waals surface area contributed by atoms with E-state index in [4.69, 9.17) is 0 Å². The van der Waals surface area contributed by atoms with Gasteiger partial charge in [0.05, 0.1) is 9.49 Å². The number of benzene rings is 6. The summed E-state index contributed by atoms with van der Waals surface area (Å²) in [5, 5.41) is 18.1. The molecule has 0 heterocycles. The number of hydrogen-bond donors (Lipinski definition) is 4. The third-order valence-electron chi connectivity index (χ3n) is 9.51. The fourth-order valence-corrected chi connectivity index (χ4v) is 10.0. The van der Waals surface area contributed by atoms with Crippen LogP contribution in [0.5, 0.6) is 0 Å². The minimum absolute atomic E-state index is 0.0619. The number of thioether (sulfide) groups is 2. The van der Waals surface area contributed by atoms with Crippen molar-refractivity contribution >= 4 is 41.4 Å². The molecule has 0 spiro atoms. The van der Waals surface area contributed by atoms with Crippen molar-refractivity contribution in [3.05, 3.63) is 215 Å². The number of rotatable bonds is 16. The second-order valence-corrected chi connectivity index (χ2v) is 15.3. The van der Waals surface area contributed by atoms with Crippen LogP contribution in [0.2, 0.25) is 0 Å². The number of carboxylic acid groups (broad SMARTS) is 1. The van der Waals surface area contributed by atoms with Crippen molar-refractivity contribution in [2.45, 2.75) is 21.6 Å². The molecule has 7 nitrogen and oxygen atoms in total. The van der Waals surface area contributed by atoms with E-state index in [0.717, 1.165) is 33.4 Å². The van der Waals surface area contributed by atoms with Crippen molar-refractivity contribution in [3.8, 4) is 0 Å². The van der Waals surface area contributed by atoms with E-state index < -0.39 is 39.5 Å². The van der Waals surface area contributed by atoms with E-state index in [1.54, 1.807) is 0 Å². The van der Waals surface area contributed by atoms with Gasteiger partial charge in [0, 0.05) is 18.6 Å². The van der Waals surface area contributed by atoms with Crippen molar-refractivity contribution in [1.82, 2.24) is 16.0 Å². The Morgan fingerprint density at radius 2 is 0.709 bits per heavy atom. The van der Waals surface area contributed by atoms with Gasteiger partial charge in [0.25, 0.3) is 0 Å². The van der Waals surface area contributed by atoms with Crippen LogP contribution in [-0.4, -0.2) is 53.7 Å². The lowest BCUT2D eigenvalue weighted by Gasteiger charge is -2.37. The maximum Gasteiger partial charge on any atom is 0.405 e. The first-order valence-electron chi connectivity index (χ1n) is 18.0. The van der Waals surface area contributed by atoms with Gasteiger partial charge < -0.3 is 21.1 Å². The van der Waals surface area contributed by atoms with Gasteiger partial charge in [-0.2, -0.15) is 0 Å². The highest BCUT2D eigenvalue weighted by molar-refractivity contribution is 8.01. The molecule has 0 aliphatic heterocycles. The summed E-state index contributed by atoms with van der Waals surface area (Å²) in [5.41, 5.74) is 5.97. The van der Waals surface area contributed by atoms with E-state index in [0.29, 0.717) is 0 Å². The van der Waals surface area contributed by atoms with E-state index in [9.17, 15) is 19.5 Å². The zero-order chi connectivity index (χ0) is 38.5. The highest BCUT2D eigenvalue weighted by Crippen LogP contribution is 2.50. The standard InChI is InChI=1S/C46H43N3O4S2/c1-47-42(50)40(32-54-45(34-20-8-2-9-21-34,35-22-10-3-11-23-35)36-24-12-4-13-25-36)48-43(51)41(49-44(52)53)33-55-46(37-26-14-5-15-27-37,38-28-16-6-17-29-38)39-30-18-7-19-31-39/h2-31,40-41,49H,32-33H2,1H3,(H,47,50)(H,48,51)(H,52,53)/t40-,41-/m1/s1. The Balaban J connectivity index is 1.34. The first-order chi connectivity index (χ1) is 26.9. The Morgan fingerprint density at radius 3 is 0.945 bits per heavy atom. The maximum absolute atomic E-state index is 14.3. The molecule has 2 atom stereocenters. The predicted octanol–water partition coefficient (Wildman–Crippen LogP) is 8.30. The van der Waals surface area contributed by atoms with Crippen LogP contribution in [0.3, 0.4) is 0 Å². The van der Waals surface area contributed by atoms with Crippen LogP contribution in [0.4, 0.5) is 4.79 Å². The molecule has 0 fully saturated rings. The van der Waals surface area contributed by atoms with Crippen LogP contribution in [0.1, 0.15) is 33.4 Å². The quantitative estimate of drug-likeness (QED) is 0.0739. The molecular weight excluding hydrogens is 723 g/mol. The molecule has 0 saturated carbocycles. The zero-order valence-corrected chi connectivity index (χ0v) is 32.0. The van der Waals surface area contributed by atoms with Crippen molar-refractivity contribution in [2.24, 2.45) is 0 Å². The smallest absolute Gasteiger partial charge is 0.405 e. The average Bonchev–Trinajstić information content (AvgIpc) is 3.25. The van der Waals surface area contributed by atoms with Crippen LogP contribution in [0, 0.1) is 0 Å². The minimum Gasteiger partial charge on any atom is -0.465 e. The van der Waals surface area contributed by atoms with Gasteiger partial charge in [-0.1, -0.05) is 182 Å². The van der Waals surface area contributed by atoms with E-state index in [1.807, 2.05) is 146 Å². The molecule has 6 aromatic carbocycles. The molecule has 0 aliphatic rings. The fourth-order valence-electron chi connectivity index (χ4n) is 6.92. The molecule has 0 unspecified atom stereocenters. The molecule has 4 N–H and O–H groups in total. The van der Waals surface area contributed by atoms with Gasteiger partial charge in [-0.3, -0.25) is 9.59 Å². The summed E-state index contributed by atoms with van der Waals surface area (Å²) in [5.74, 6) is -0.749. The first-order valence-corrected chi connectivity index (χ1v) is 20.0. The number of hydrogen-bond acceptors (Lipinski definition) is 5. The molecule has 9 heteroatoms. The Kier molecular flexibility index (Phi) is 13.1. The largest absolute Gasteiger partial charge is 0.465 e. The summed E-state index contributed by atoms with van der Waals surface area (Å²) in [7, 11) is 1.53. The zero-order valence-electron chi connectivity index (χ0n) is 30.4. The summed E-state index contributed by atoms with van der Waals surface area (Å²) in [6.45, 7) is 0. The van der Waals surface area contributed by atoms with E-state index in [2.05, 4.69) is 52.3 Å². The van der Waals surface area contributed by atoms with Gasteiger partial charge in [-0.25, -0.2) is 4.79 Å². The number of likely N-dealkylation sites (N-methyl/N-ethyl adjacent to an activating group) is 1. The highest BCUT2D eigenvalue weighted by atomic mass is 32.2. The van der Waals surface area contributed by atoms with Gasteiger partial charge in [0.2, 0.25) is 11.8 Å². The van der Waals surface area contributed by atoms with Crippen LogP contribution in [0.15, 0.2) is 182 Å². The monoisotopic (exact) mass is 765 g/mol. The van der Waals surface area contributed by atoms with Crippen molar-refractivity contribution in [3.63, 3.8) is 0 Å². The Labute approximate surface area is 331 Å². The molecule has 278 valence electrons. The Morgan fingerprint density at radius 1 is 0.455 bits per heavy atom. The lowest BCUT2D eigenvalue weighted by atomic mass is 9.84. The molecule has 6 rings (SSSR count). The molecule has 6 aromatic rings. The van der Waals surface area contributed by atoms with Gasteiger partial charge in [0.1, 0.15) is 12.1 Å². The third kappa shape index (κ3) is 8.80. The molecular formula is C46H43N3O4S2.